The van der Waals surface area contributed by atoms with Crippen molar-refractivity contribution in [2.24, 2.45) is 10.9 Å². The monoisotopic (exact) mass is 483 g/mol. The van der Waals surface area contributed by atoms with Gasteiger partial charge in [-0.15, -0.1) is 24.0 Å². The van der Waals surface area contributed by atoms with Gasteiger partial charge in [0.2, 0.25) is 0 Å². The van der Waals surface area contributed by atoms with E-state index in [2.05, 4.69) is 44.7 Å². The summed E-state index contributed by atoms with van der Waals surface area (Å²) < 4.78 is 5.66. The number of rotatable bonds is 10. The van der Waals surface area contributed by atoms with Crippen LogP contribution in [0.4, 0.5) is 0 Å². The van der Waals surface area contributed by atoms with E-state index in [1.165, 1.54) is 12.8 Å². The SMILES string of the molecule is CCNC(=NCc1ncc(-c2ccccc2)[nH]1)NCCCOCC1CC1.I. The molecule has 1 aromatic carbocycles. The summed E-state index contributed by atoms with van der Waals surface area (Å²) in [6.07, 6.45) is 5.52. The van der Waals surface area contributed by atoms with E-state index in [-0.39, 0.29) is 24.0 Å². The zero-order chi connectivity index (χ0) is 18.0. The van der Waals surface area contributed by atoms with Gasteiger partial charge in [-0.1, -0.05) is 30.3 Å². The topological polar surface area (TPSA) is 74.3 Å². The molecule has 0 unspecified atom stereocenters. The number of ether oxygens (including phenoxy) is 1. The average molecular weight is 483 g/mol. The van der Waals surface area contributed by atoms with Gasteiger partial charge in [-0.2, -0.15) is 0 Å². The highest BCUT2D eigenvalue weighted by molar-refractivity contribution is 14.0. The van der Waals surface area contributed by atoms with Crippen molar-refractivity contribution >= 4 is 29.9 Å². The second-order valence-corrected chi connectivity index (χ2v) is 6.60. The Morgan fingerprint density at radius 2 is 2.07 bits per heavy atom. The molecule has 0 aliphatic heterocycles. The van der Waals surface area contributed by atoms with Crippen molar-refractivity contribution in [1.82, 2.24) is 20.6 Å². The Morgan fingerprint density at radius 1 is 1.26 bits per heavy atom. The summed E-state index contributed by atoms with van der Waals surface area (Å²) in [6, 6.07) is 10.2. The van der Waals surface area contributed by atoms with Gasteiger partial charge >= 0.3 is 0 Å². The Bertz CT molecular complexity index is 685. The molecule has 0 bridgehead atoms. The van der Waals surface area contributed by atoms with E-state index in [1.54, 1.807) is 0 Å². The fourth-order valence-corrected chi connectivity index (χ4v) is 2.62. The summed E-state index contributed by atoms with van der Waals surface area (Å²) in [4.78, 5) is 12.4. The molecule has 27 heavy (non-hydrogen) atoms. The highest BCUT2D eigenvalue weighted by Gasteiger charge is 2.20. The highest BCUT2D eigenvalue weighted by atomic mass is 127. The third-order valence-electron chi connectivity index (χ3n) is 4.25. The molecule has 0 amide bonds. The van der Waals surface area contributed by atoms with E-state index in [1.807, 2.05) is 24.4 Å². The first kappa shape index (κ1) is 21.7. The molecule has 0 atom stereocenters. The Morgan fingerprint density at radius 3 is 2.81 bits per heavy atom. The lowest BCUT2D eigenvalue weighted by atomic mass is 10.2. The molecule has 1 aliphatic rings. The van der Waals surface area contributed by atoms with Crippen LogP contribution >= 0.6 is 24.0 Å². The molecule has 3 rings (SSSR count). The number of guanidine groups is 1. The van der Waals surface area contributed by atoms with Crippen LogP contribution in [0.25, 0.3) is 11.3 Å². The number of nitrogens with zero attached hydrogens (tertiary/aromatic N) is 2. The van der Waals surface area contributed by atoms with E-state index in [0.29, 0.717) is 6.54 Å². The number of benzene rings is 1. The fourth-order valence-electron chi connectivity index (χ4n) is 2.62. The number of halogens is 1. The van der Waals surface area contributed by atoms with Crippen LogP contribution in [-0.4, -0.2) is 42.2 Å². The summed E-state index contributed by atoms with van der Waals surface area (Å²) in [5.74, 6) is 2.50. The van der Waals surface area contributed by atoms with E-state index < -0.39 is 0 Å². The molecule has 0 saturated heterocycles. The molecule has 0 radical (unpaired) electrons. The normalized spacial score (nSPS) is 13.9. The van der Waals surface area contributed by atoms with Gasteiger partial charge in [-0.25, -0.2) is 9.98 Å². The molecule has 1 aliphatic carbocycles. The molecule has 1 aromatic heterocycles. The fraction of sp³-hybridized carbons (Fsp3) is 0.500. The molecule has 1 fully saturated rings. The Balaban J connectivity index is 0.00000261. The summed E-state index contributed by atoms with van der Waals surface area (Å²) in [5, 5.41) is 6.62. The third kappa shape index (κ3) is 7.88. The Labute approximate surface area is 178 Å². The minimum atomic E-state index is 0. The number of imidazole rings is 1. The smallest absolute Gasteiger partial charge is 0.191 e. The zero-order valence-electron chi connectivity index (χ0n) is 15.9. The first-order valence-corrected chi connectivity index (χ1v) is 9.54. The minimum absolute atomic E-state index is 0. The number of aromatic nitrogens is 2. The van der Waals surface area contributed by atoms with Crippen molar-refractivity contribution in [1.29, 1.82) is 0 Å². The van der Waals surface area contributed by atoms with Crippen molar-refractivity contribution in [2.45, 2.75) is 32.7 Å². The van der Waals surface area contributed by atoms with Crippen LogP contribution in [0.2, 0.25) is 0 Å². The van der Waals surface area contributed by atoms with Crippen molar-refractivity contribution in [2.75, 3.05) is 26.3 Å². The molecule has 0 spiro atoms. The average Bonchev–Trinajstić information content (AvgIpc) is 3.38. The largest absolute Gasteiger partial charge is 0.381 e. The lowest BCUT2D eigenvalue weighted by molar-refractivity contribution is 0.123. The summed E-state index contributed by atoms with van der Waals surface area (Å²) in [6.45, 7) is 6.00. The Hall–Kier alpha value is -1.61. The van der Waals surface area contributed by atoms with Gasteiger partial charge in [-0.3, -0.25) is 0 Å². The van der Waals surface area contributed by atoms with Crippen LogP contribution in [0.15, 0.2) is 41.5 Å². The first-order chi connectivity index (χ1) is 12.8. The molecular formula is C20H30IN5O. The maximum absolute atomic E-state index is 5.66. The maximum atomic E-state index is 5.66. The third-order valence-corrected chi connectivity index (χ3v) is 4.25. The molecule has 3 N–H and O–H groups in total. The predicted molar refractivity (Wildman–Crippen MR) is 120 cm³/mol. The van der Waals surface area contributed by atoms with Crippen LogP contribution in [-0.2, 0) is 11.3 Å². The quantitative estimate of drug-likeness (QED) is 0.209. The van der Waals surface area contributed by atoms with Crippen LogP contribution < -0.4 is 10.6 Å². The number of hydrogen-bond donors (Lipinski definition) is 3. The predicted octanol–water partition coefficient (Wildman–Crippen LogP) is 3.57. The van der Waals surface area contributed by atoms with Gasteiger partial charge in [0.1, 0.15) is 12.4 Å². The Kier molecular flexibility index (Phi) is 9.61. The van der Waals surface area contributed by atoms with Crippen LogP contribution in [0.3, 0.4) is 0 Å². The van der Waals surface area contributed by atoms with Crippen molar-refractivity contribution in [3.63, 3.8) is 0 Å². The van der Waals surface area contributed by atoms with Gasteiger partial charge in [-0.05, 0) is 37.7 Å². The molecule has 1 saturated carbocycles. The standard InChI is InChI=1S/C20H29N5O.HI/c1-2-21-20(22-11-6-12-26-15-16-9-10-16)24-14-19-23-13-18(25-19)17-7-4-3-5-8-17;/h3-5,7-8,13,16H,2,6,9-12,14-15H2,1H3,(H,23,25)(H2,21,22,24);1H. The van der Waals surface area contributed by atoms with Gasteiger partial charge in [0.25, 0.3) is 0 Å². The van der Waals surface area contributed by atoms with Crippen LogP contribution in [0.5, 0.6) is 0 Å². The number of aliphatic imine (C=N–C) groups is 1. The molecular weight excluding hydrogens is 453 g/mol. The lowest BCUT2D eigenvalue weighted by Crippen LogP contribution is -2.38. The van der Waals surface area contributed by atoms with Crippen molar-refractivity contribution in [3.8, 4) is 11.3 Å². The van der Waals surface area contributed by atoms with Crippen molar-refractivity contribution in [3.05, 3.63) is 42.4 Å². The molecule has 6 nitrogen and oxygen atoms in total. The maximum Gasteiger partial charge on any atom is 0.191 e. The summed E-state index contributed by atoms with van der Waals surface area (Å²) >= 11 is 0. The highest BCUT2D eigenvalue weighted by Crippen LogP contribution is 2.28. The second kappa shape index (κ2) is 12.0. The number of H-pyrrole nitrogens is 1. The van der Waals surface area contributed by atoms with E-state index in [0.717, 1.165) is 61.7 Å². The number of nitrogens with one attached hydrogen (secondary N) is 3. The van der Waals surface area contributed by atoms with Gasteiger partial charge in [0.15, 0.2) is 5.96 Å². The molecule has 2 aromatic rings. The van der Waals surface area contributed by atoms with E-state index in [9.17, 15) is 0 Å². The lowest BCUT2D eigenvalue weighted by Gasteiger charge is -2.11. The summed E-state index contributed by atoms with van der Waals surface area (Å²) in [7, 11) is 0. The van der Waals surface area contributed by atoms with Crippen LogP contribution in [0, 0.1) is 5.92 Å². The molecule has 1 heterocycles. The van der Waals surface area contributed by atoms with E-state index >= 15 is 0 Å². The number of aromatic amines is 1. The van der Waals surface area contributed by atoms with Gasteiger partial charge < -0.3 is 20.4 Å². The van der Waals surface area contributed by atoms with Gasteiger partial charge in [0, 0.05) is 26.3 Å². The second-order valence-electron chi connectivity index (χ2n) is 6.60. The van der Waals surface area contributed by atoms with Gasteiger partial charge in [0.05, 0.1) is 11.9 Å². The van der Waals surface area contributed by atoms with Crippen LogP contribution in [0.1, 0.15) is 32.0 Å². The van der Waals surface area contributed by atoms with Crippen molar-refractivity contribution < 1.29 is 4.74 Å². The summed E-state index contributed by atoms with van der Waals surface area (Å²) in [5.41, 5.74) is 2.15. The zero-order valence-corrected chi connectivity index (χ0v) is 18.2. The first-order valence-electron chi connectivity index (χ1n) is 9.54. The molecule has 7 heteroatoms. The minimum Gasteiger partial charge on any atom is -0.381 e. The number of hydrogen-bond acceptors (Lipinski definition) is 3. The van der Waals surface area contributed by atoms with E-state index in [4.69, 9.17) is 4.74 Å². The molecule has 148 valence electrons.